The average Bonchev–Trinajstić information content (AvgIpc) is 2.88. The van der Waals surface area contributed by atoms with Crippen LogP contribution in [0.4, 0.5) is 0 Å². The SMILES string of the molecule is CCC(C)=O.CCC1CCN(Cc2ccccc2)C1. The van der Waals surface area contributed by atoms with Crippen LogP contribution in [0.1, 0.15) is 45.6 Å². The van der Waals surface area contributed by atoms with Crippen LogP contribution in [0, 0.1) is 5.92 Å². The number of rotatable bonds is 4. The van der Waals surface area contributed by atoms with Crippen molar-refractivity contribution in [3.8, 4) is 0 Å². The van der Waals surface area contributed by atoms with Gasteiger partial charge in [-0.05, 0) is 31.4 Å². The molecule has 0 bridgehead atoms. The molecule has 2 heteroatoms. The Morgan fingerprint density at radius 2 is 1.89 bits per heavy atom. The zero-order valence-electron chi connectivity index (χ0n) is 12.6. The summed E-state index contributed by atoms with van der Waals surface area (Å²) in [7, 11) is 0. The maximum atomic E-state index is 9.81. The van der Waals surface area contributed by atoms with Crippen LogP contribution in [0.5, 0.6) is 0 Å². The van der Waals surface area contributed by atoms with Gasteiger partial charge in [-0.15, -0.1) is 0 Å². The van der Waals surface area contributed by atoms with Crippen LogP contribution in [0.25, 0.3) is 0 Å². The number of hydrogen-bond donors (Lipinski definition) is 0. The molecule has 1 aliphatic heterocycles. The molecule has 1 atom stereocenters. The summed E-state index contributed by atoms with van der Waals surface area (Å²) < 4.78 is 0. The van der Waals surface area contributed by atoms with E-state index in [9.17, 15) is 4.79 Å². The highest BCUT2D eigenvalue weighted by molar-refractivity contribution is 5.74. The van der Waals surface area contributed by atoms with E-state index >= 15 is 0 Å². The summed E-state index contributed by atoms with van der Waals surface area (Å²) in [6.45, 7) is 9.45. The Hall–Kier alpha value is -1.15. The highest BCUT2D eigenvalue weighted by Gasteiger charge is 2.20. The molecule has 1 heterocycles. The minimum absolute atomic E-state index is 0.255. The van der Waals surface area contributed by atoms with Gasteiger partial charge in [0, 0.05) is 19.5 Å². The van der Waals surface area contributed by atoms with Crippen molar-refractivity contribution in [3.63, 3.8) is 0 Å². The fourth-order valence-corrected chi connectivity index (χ4v) is 2.23. The van der Waals surface area contributed by atoms with Crippen molar-refractivity contribution in [3.05, 3.63) is 35.9 Å². The molecule has 0 spiro atoms. The predicted octanol–water partition coefficient (Wildman–Crippen LogP) is 3.90. The van der Waals surface area contributed by atoms with Gasteiger partial charge in [0.1, 0.15) is 5.78 Å². The maximum Gasteiger partial charge on any atom is 0.129 e. The van der Waals surface area contributed by atoms with Crippen LogP contribution in [0.15, 0.2) is 30.3 Å². The Morgan fingerprint density at radius 3 is 2.37 bits per heavy atom. The van der Waals surface area contributed by atoms with Crippen molar-refractivity contribution >= 4 is 5.78 Å². The van der Waals surface area contributed by atoms with Crippen molar-refractivity contribution in [2.75, 3.05) is 13.1 Å². The van der Waals surface area contributed by atoms with E-state index in [0.29, 0.717) is 6.42 Å². The number of carbonyl (C=O) groups excluding carboxylic acids is 1. The summed E-state index contributed by atoms with van der Waals surface area (Å²) in [5.41, 5.74) is 1.45. The van der Waals surface area contributed by atoms with Gasteiger partial charge in [-0.3, -0.25) is 4.90 Å². The molecule has 1 fully saturated rings. The smallest absolute Gasteiger partial charge is 0.129 e. The third-order valence-corrected chi connectivity index (χ3v) is 3.69. The van der Waals surface area contributed by atoms with E-state index in [2.05, 4.69) is 42.2 Å². The Labute approximate surface area is 117 Å². The molecule has 0 amide bonds. The number of nitrogens with zero attached hydrogens (tertiary/aromatic N) is 1. The van der Waals surface area contributed by atoms with E-state index in [4.69, 9.17) is 0 Å². The lowest BCUT2D eigenvalue weighted by atomic mass is 10.1. The molecule has 0 aromatic heterocycles. The number of hydrogen-bond acceptors (Lipinski definition) is 2. The summed E-state index contributed by atoms with van der Waals surface area (Å²) in [6, 6.07) is 10.8. The minimum atomic E-state index is 0.255. The molecule has 1 aromatic rings. The van der Waals surface area contributed by atoms with Crippen molar-refractivity contribution in [1.29, 1.82) is 0 Å². The van der Waals surface area contributed by atoms with E-state index in [1.807, 2.05) is 6.92 Å². The van der Waals surface area contributed by atoms with Gasteiger partial charge in [0.15, 0.2) is 0 Å². The van der Waals surface area contributed by atoms with Gasteiger partial charge in [0.25, 0.3) is 0 Å². The highest BCUT2D eigenvalue weighted by Crippen LogP contribution is 2.20. The molecule has 2 nitrogen and oxygen atoms in total. The van der Waals surface area contributed by atoms with Crippen LogP contribution >= 0.6 is 0 Å². The van der Waals surface area contributed by atoms with Crippen LogP contribution in [-0.2, 0) is 11.3 Å². The molecule has 1 aliphatic rings. The standard InChI is InChI=1S/C13H19N.C4H8O/c1-2-12-8-9-14(10-12)11-13-6-4-3-5-7-13;1-3-4(2)5/h3-7,12H,2,8-11H2,1H3;3H2,1-2H3. The summed E-state index contributed by atoms with van der Waals surface area (Å²) in [4.78, 5) is 12.4. The van der Waals surface area contributed by atoms with Crippen LogP contribution in [0.2, 0.25) is 0 Å². The monoisotopic (exact) mass is 261 g/mol. The van der Waals surface area contributed by atoms with Crippen LogP contribution < -0.4 is 0 Å². The first-order chi connectivity index (χ1) is 9.15. The number of likely N-dealkylation sites (tertiary alicyclic amines) is 1. The lowest BCUT2D eigenvalue weighted by molar-refractivity contribution is -0.116. The van der Waals surface area contributed by atoms with Gasteiger partial charge < -0.3 is 4.79 Å². The molecule has 0 aliphatic carbocycles. The molecule has 1 saturated heterocycles. The normalized spacial score (nSPS) is 18.8. The molecule has 19 heavy (non-hydrogen) atoms. The summed E-state index contributed by atoms with van der Waals surface area (Å²) in [5.74, 6) is 1.20. The van der Waals surface area contributed by atoms with Gasteiger partial charge in [-0.1, -0.05) is 50.6 Å². The second-order valence-electron chi connectivity index (χ2n) is 5.34. The lowest BCUT2D eigenvalue weighted by Gasteiger charge is -2.15. The summed E-state index contributed by atoms with van der Waals surface area (Å²) in [6.07, 6.45) is 3.40. The molecule has 0 saturated carbocycles. The highest BCUT2D eigenvalue weighted by atomic mass is 16.1. The second-order valence-corrected chi connectivity index (χ2v) is 5.34. The van der Waals surface area contributed by atoms with Crippen molar-refractivity contribution in [2.45, 2.75) is 46.6 Å². The summed E-state index contributed by atoms with van der Waals surface area (Å²) in [5, 5.41) is 0. The van der Waals surface area contributed by atoms with Gasteiger partial charge in [-0.25, -0.2) is 0 Å². The van der Waals surface area contributed by atoms with E-state index < -0.39 is 0 Å². The molecule has 1 aromatic carbocycles. The molecular formula is C17H27NO. The zero-order valence-corrected chi connectivity index (χ0v) is 12.6. The Morgan fingerprint density at radius 1 is 1.26 bits per heavy atom. The average molecular weight is 261 g/mol. The second kappa shape index (κ2) is 8.87. The van der Waals surface area contributed by atoms with E-state index in [0.717, 1.165) is 12.5 Å². The number of benzene rings is 1. The maximum absolute atomic E-state index is 9.81. The molecule has 2 rings (SSSR count). The molecule has 0 N–H and O–H groups in total. The molecule has 106 valence electrons. The van der Waals surface area contributed by atoms with Crippen LogP contribution in [-0.4, -0.2) is 23.8 Å². The Bertz CT molecular complexity index is 361. The number of ketones is 1. The van der Waals surface area contributed by atoms with E-state index in [1.165, 1.54) is 31.5 Å². The van der Waals surface area contributed by atoms with Crippen molar-refractivity contribution in [1.82, 2.24) is 4.90 Å². The number of carbonyl (C=O) groups is 1. The largest absolute Gasteiger partial charge is 0.300 e. The first-order valence-corrected chi connectivity index (χ1v) is 7.41. The van der Waals surface area contributed by atoms with Gasteiger partial charge in [0.2, 0.25) is 0 Å². The van der Waals surface area contributed by atoms with Gasteiger partial charge in [0.05, 0.1) is 0 Å². The molecule has 0 radical (unpaired) electrons. The van der Waals surface area contributed by atoms with Gasteiger partial charge >= 0.3 is 0 Å². The third-order valence-electron chi connectivity index (χ3n) is 3.69. The third kappa shape index (κ3) is 6.53. The first-order valence-electron chi connectivity index (χ1n) is 7.41. The molecule has 1 unspecified atom stereocenters. The van der Waals surface area contributed by atoms with Crippen molar-refractivity contribution in [2.24, 2.45) is 5.92 Å². The lowest BCUT2D eigenvalue weighted by Crippen LogP contribution is -2.19. The summed E-state index contributed by atoms with van der Waals surface area (Å²) >= 11 is 0. The topological polar surface area (TPSA) is 20.3 Å². The first kappa shape index (κ1) is 15.9. The van der Waals surface area contributed by atoms with Crippen molar-refractivity contribution < 1.29 is 4.79 Å². The van der Waals surface area contributed by atoms with E-state index in [1.54, 1.807) is 6.92 Å². The number of Topliss-reactive ketones (excluding diaryl/α,β-unsaturated/α-hetero) is 1. The zero-order chi connectivity index (χ0) is 14.1. The Balaban J connectivity index is 0.000000312. The van der Waals surface area contributed by atoms with E-state index in [-0.39, 0.29) is 5.78 Å². The quantitative estimate of drug-likeness (QED) is 0.819. The van der Waals surface area contributed by atoms with Gasteiger partial charge in [-0.2, -0.15) is 0 Å². The molecular weight excluding hydrogens is 234 g/mol. The fraction of sp³-hybridized carbons (Fsp3) is 0.588. The fourth-order valence-electron chi connectivity index (χ4n) is 2.23. The minimum Gasteiger partial charge on any atom is -0.300 e. The Kier molecular flexibility index (Phi) is 7.42. The predicted molar refractivity (Wildman–Crippen MR) is 81.1 cm³/mol. The van der Waals surface area contributed by atoms with Crippen LogP contribution in [0.3, 0.4) is 0 Å².